The zero-order valence-electron chi connectivity index (χ0n) is 11.0. The summed E-state index contributed by atoms with van der Waals surface area (Å²) in [5.41, 5.74) is 0.574. The van der Waals surface area contributed by atoms with E-state index in [-0.39, 0.29) is 0 Å². The molecule has 0 aromatic rings. The molecule has 0 radical (unpaired) electrons. The second kappa shape index (κ2) is 7.31. The largest absolute Gasteiger partial charge is 0.0654 e. The van der Waals surface area contributed by atoms with Gasteiger partial charge in [0, 0.05) is 0 Å². The van der Waals surface area contributed by atoms with Crippen LogP contribution in [0.25, 0.3) is 0 Å². The molecule has 0 aliphatic carbocycles. The van der Waals surface area contributed by atoms with E-state index in [1.807, 2.05) is 0 Å². The molecule has 0 aromatic heterocycles. The van der Waals surface area contributed by atoms with Gasteiger partial charge < -0.3 is 0 Å². The molecule has 0 saturated heterocycles. The maximum Gasteiger partial charge on any atom is -0.0357 e. The number of hydrogen-bond acceptors (Lipinski definition) is 0. The van der Waals surface area contributed by atoms with Crippen molar-refractivity contribution < 1.29 is 0 Å². The van der Waals surface area contributed by atoms with Crippen LogP contribution in [-0.4, -0.2) is 0 Å². The first kappa shape index (κ1) is 14.0. The third-order valence-corrected chi connectivity index (χ3v) is 3.70. The summed E-state index contributed by atoms with van der Waals surface area (Å²) in [7, 11) is 0. The molecule has 0 aliphatic rings. The molecule has 0 fully saturated rings. The Balaban J connectivity index is 3.60. The SMILES string of the molecule is CCCC(CC)CCCC(C)(C)CC. The molecule has 0 rings (SSSR count). The van der Waals surface area contributed by atoms with Crippen molar-refractivity contribution in [2.45, 2.75) is 79.6 Å². The van der Waals surface area contributed by atoms with E-state index in [4.69, 9.17) is 0 Å². The van der Waals surface area contributed by atoms with E-state index >= 15 is 0 Å². The molecule has 0 amide bonds. The lowest BCUT2D eigenvalue weighted by Gasteiger charge is -2.23. The quantitative estimate of drug-likeness (QED) is 0.488. The molecule has 0 bridgehead atoms. The number of hydrogen-bond donors (Lipinski definition) is 0. The predicted molar refractivity (Wildman–Crippen MR) is 66.6 cm³/mol. The molecule has 1 unspecified atom stereocenters. The summed E-state index contributed by atoms with van der Waals surface area (Å²) in [6.45, 7) is 11.7. The summed E-state index contributed by atoms with van der Waals surface area (Å²) in [5, 5.41) is 0. The van der Waals surface area contributed by atoms with Crippen molar-refractivity contribution in [3.05, 3.63) is 0 Å². The van der Waals surface area contributed by atoms with Gasteiger partial charge in [-0.05, 0) is 17.8 Å². The molecule has 0 heteroatoms. The molecule has 86 valence electrons. The van der Waals surface area contributed by atoms with Crippen molar-refractivity contribution in [1.82, 2.24) is 0 Å². The lowest BCUT2D eigenvalue weighted by atomic mass is 9.83. The first-order valence-electron chi connectivity index (χ1n) is 6.55. The normalized spacial score (nSPS) is 14.4. The van der Waals surface area contributed by atoms with Crippen molar-refractivity contribution in [3.63, 3.8) is 0 Å². The molecular formula is C14H30. The lowest BCUT2D eigenvalue weighted by molar-refractivity contribution is 0.290. The average molecular weight is 198 g/mol. The van der Waals surface area contributed by atoms with Gasteiger partial charge in [0.15, 0.2) is 0 Å². The van der Waals surface area contributed by atoms with Crippen molar-refractivity contribution in [2.75, 3.05) is 0 Å². The van der Waals surface area contributed by atoms with Crippen molar-refractivity contribution >= 4 is 0 Å². The van der Waals surface area contributed by atoms with Gasteiger partial charge in [0.25, 0.3) is 0 Å². The predicted octanol–water partition coefficient (Wildman–Crippen LogP) is 5.42. The van der Waals surface area contributed by atoms with Gasteiger partial charge in [-0.15, -0.1) is 0 Å². The van der Waals surface area contributed by atoms with E-state index < -0.39 is 0 Å². The summed E-state index contributed by atoms with van der Waals surface area (Å²) in [5.74, 6) is 0.993. The topological polar surface area (TPSA) is 0 Å². The smallest absolute Gasteiger partial charge is 0.0357 e. The fourth-order valence-corrected chi connectivity index (χ4v) is 2.01. The Kier molecular flexibility index (Phi) is 7.31. The highest BCUT2D eigenvalue weighted by molar-refractivity contribution is 4.67. The van der Waals surface area contributed by atoms with Gasteiger partial charge in [0.1, 0.15) is 0 Å². The molecular weight excluding hydrogens is 168 g/mol. The molecule has 14 heavy (non-hydrogen) atoms. The van der Waals surface area contributed by atoms with E-state index in [0.29, 0.717) is 5.41 Å². The summed E-state index contributed by atoms with van der Waals surface area (Å²) >= 11 is 0. The minimum atomic E-state index is 0.574. The molecule has 1 atom stereocenters. The summed E-state index contributed by atoms with van der Waals surface area (Å²) in [6, 6.07) is 0. The van der Waals surface area contributed by atoms with E-state index in [1.54, 1.807) is 0 Å². The second-order valence-electron chi connectivity index (χ2n) is 5.47. The second-order valence-corrected chi connectivity index (χ2v) is 5.47. The van der Waals surface area contributed by atoms with Crippen LogP contribution >= 0.6 is 0 Å². The Labute approximate surface area is 91.5 Å². The molecule has 0 N–H and O–H groups in total. The minimum Gasteiger partial charge on any atom is -0.0654 e. The van der Waals surface area contributed by atoms with Crippen molar-refractivity contribution in [3.8, 4) is 0 Å². The first-order valence-corrected chi connectivity index (χ1v) is 6.55. The fourth-order valence-electron chi connectivity index (χ4n) is 2.01. The van der Waals surface area contributed by atoms with Crippen LogP contribution in [0.4, 0.5) is 0 Å². The van der Waals surface area contributed by atoms with Gasteiger partial charge in [-0.25, -0.2) is 0 Å². The van der Waals surface area contributed by atoms with Crippen LogP contribution in [0.5, 0.6) is 0 Å². The molecule has 0 aliphatic heterocycles. The van der Waals surface area contributed by atoms with Gasteiger partial charge in [-0.2, -0.15) is 0 Å². The summed E-state index contributed by atoms with van der Waals surface area (Å²) in [6.07, 6.45) is 9.77. The van der Waals surface area contributed by atoms with Gasteiger partial charge >= 0.3 is 0 Å². The molecule has 0 aromatic carbocycles. The van der Waals surface area contributed by atoms with Crippen molar-refractivity contribution in [1.29, 1.82) is 0 Å². The van der Waals surface area contributed by atoms with Crippen LogP contribution in [0.1, 0.15) is 79.6 Å². The lowest BCUT2D eigenvalue weighted by Crippen LogP contribution is -2.10. The molecule has 0 saturated carbocycles. The highest BCUT2D eigenvalue weighted by atomic mass is 14.2. The zero-order valence-corrected chi connectivity index (χ0v) is 11.0. The Bertz CT molecular complexity index is 124. The molecule has 0 spiro atoms. The van der Waals surface area contributed by atoms with E-state index in [2.05, 4.69) is 34.6 Å². The van der Waals surface area contributed by atoms with Crippen LogP contribution in [0.15, 0.2) is 0 Å². The van der Waals surface area contributed by atoms with Crippen LogP contribution in [-0.2, 0) is 0 Å². The van der Waals surface area contributed by atoms with Crippen LogP contribution in [0, 0.1) is 11.3 Å². The summed E-state index contributed by atoms with van der Waals surface area (Å²) in [4.78, 5) is 0. The van der Waals surface area contributed by atoms with Gasteiger partial charge in [0.05, 0.1) is 0 Å². The maximum absolute atomic E-state index is 2.40. The fraction of sp³-hybridized carbons (Fsp3) is 1.00. The van der Waals surface area contributed by atoms with Gasteiger partial charge in [-0.3, -0.25) is 0 Å². The van der Waals surface area contributed by atoms with Crippen LogP contribution < -0.4 is 0 Å². The van der Waals surface area contributed by atoms with E-state index in [9.17, 15) is 0 Å². The Morgan fingerprint density at radius 1 is 1.00 bits per heavy atom. The highest BCUT2D eigenvalue weighted by Crippen LogP contribution is 2.29. The third-order valence-electron chi connectivity index (χ3n) is 3.70. The Hall–Kier alpha value is 0. The first-order chi connectivity index (χ1) is 6.55. The average Bonchev–Trinajstić information content (AvgIpc) is 2.16. The maximum atomic E-state index is 2.40. The number of rotatable bonds is 8. The minimum absolute atomic E-state index is 0.574. The Morgan fingerprint density at radius 3 is 2.07 bits per heavy atom. The summed E-state index contributed by atoms with van der Waals surface area (Å²) < 4.78 is 0. The standard InChI is InChI=1S/C14H30/c1-6-10-13(7-2)11-9-12-14(4,5)8-3/h13H,6-12H2,1-5H3. The Morgan fingerprint density at radius 2 is 1.64 bits per heavy atom. The monoisotopic (exact) mass is 198 g/mol. The molecule has 0 nitrogen and oxygen atoms in total. The highest BCUT2D eigenvalue weighted by Gasteiger charge is 2.15. The van der Waals surface area contributed by atoms with Gasteiger partial charge in [0.2, 0.25) is 0 Å². The van der Waals surface area contributed by atoms with Gasteiger partial charge in [-0.1, -0.05) is 73.1 Å². The van der Waals surface area contributed by atoms with Crippen molar-refractivity contribution in [2.24, 2.45) is 11.3 Å². The van der Waals surface area contributed by atoms with Crippen LogP contribution in [0.2, 0.25) is 0 Å². The zero-order chi connectivity index (χ0) is 11.0. The van der Waals surface area contributed by atoms with E-state index in [0.717, 1.165) is 5.92 Å². The van der Waals surface area contributed by atoms with E-state index in [1.165, 1.54) is 44.9 Å². The third kappa shape index (κ3) is 6.45. The molecule has 0 heterocycles. The van der Waals surface area contributed by atoms with Crippen LogP contribution in [0.3, 0.4) is 0 Å².